The molecule has 2 aromatic heterocycles. The van der Waals surface area contributed by atoms with Gasteiger partial charge in [0.2, 0.25) is 0 Å². The molecule has 8 nitrogen and oxygen atoms in total. The molecular weight excluding hydrogens is 296 g/mol. The van der Waals surface area contributed by atoms with Crippen molar-refractivity contribution in [2.45, 2.75) is 32.0 Å². The van der Waals surface area contributed by atoms with Gasteiger partial charge in [-0.05, 0) is 12.8 Å². The first kappa shape index (κ1) is 15.4. The number of carbonyl (C=O) groups is 1. The highest BCUT2D eigenvalue weighted by molar-refractivity contribution is 5.88. The summed E-state index contributed by atoms with van der Waals surface area (Å²) in [6, 6.07) is 1.77. The lowest BCUT2D eigenvalue weighted by molar-refractivity contribution is 0.181. The average Bonchev–Trinajstić information content (AvgIpc) is 3.20. The van der Waals surface area contributed by atoms with E-state index in [0.29, 0.717) is 12.4 Å². The Labute approximate surface area is 134 Å². The minimum absolute atomic E-state index is 0.130. The van der Waals surface area contributed by atoms with E-state index in [2.05, 4.69) is 20.3 Å². The van der Waals surface area contributed by atoms with Crippen LogP contribution in [0.15, 0.2) is 31.1 Å². The monoisotopic (exact) mass is 316 g/mol. The van der Waals surface area contributed by atoms with Crippen molar-refractivity contribution >= 4 is 11.8 Å². The Morgan fingerprint density at radius 3 is 3.17 bits per heavy atom. The van der Waals surface area contributed by atoms with Gasteiger partial charge in [-0.25, -0.2) is 19.7 Å². The third kappa shape index (κ3) is 3.84. The number of amides is 2. The van der Waals surface area contributed by atoms with Gasteiger partial charge in [0.05, 0.1) is 24.7 Å². The molecule has 2 amide bonds. The number of likely N-dealkylation sites (tertiary alicyclic amines) is 1. The maximum absolute atomic E-state index is 12.5. The summed E-state index contributed by atoms with van der Waals surface area (Å²) in [6.45, 7) is 1.89. The molecule has 0 aliphatic carbocycles. The van der Waals surface area contributed by atoms with Crippen LogP contribution in [0, 0.1) is 0 Å². The summed E-state index contributed by atoms with van der Waals surface area (Å²) in [5.41, 5.74) is 0.731. The first-order chi connectivity index (χ1) is 11.3. The van der Waals surface area contributed by atoms with Crippen LogP contribution in [0.5, 0.6) is 0 Å². The molecular formula is C15H20N6O2. The maximum atomic E-state index is 12.5. The fourth-order valence-electron chi connectivity index (χ4n) is 2.81. The highest BCUT2D eigenvalue weighted by Gasteiger charge is 2.29. The molecule has 0 bridgehead atoms. The van der Waals surface area contributed by atoms with E-state index in [1.54, 1.807) is 25.7 Å². The number of rotatable bonds is 5. The zero-order valence-electron chi connectivity index (χ0n) is 13.1. The van der Waals surface area contributed by atoms with Crippen molar-refractivity contribution in [1.82, 2.24) is 24.4 Å². The van der Waals surface area contributed by atoms with Crippen molar-refractivity contribution in [3.8, 4) is 0 Å². The van der Waals surface area contributed by atoms with Crippen molar-refractivity contribution in [3.05, 3.63) is 36.8 Å². The van der Waals surface area contributed by atoms with Crippen LogP contribution >= 0.6 is 0 Å². The van der Waals surface area contributed by atoms with Gasteiger partial charge in [-0.15, -0.1) is 0 Å². The van der Waals surface area contributed by atoms with Crippen molar-refractivity contribution < 1.29 is 9.53 Å². The first-order valence-corrected chi connectivity index (χ1v) is 7.59. The molecule has 0 saturated carbocycles. The Morgan fingerprint density at radius 1 is 1.48 bits per heavy atom. The molecule has 0 radical (unpaired) electrons. The number of carbonyl (C=O) groups excluding carboxylic acids is 1. The molecule has 1 aliphatic rings. The van der Waals surface area contributed by atoms with Crippen LogP contribution in [0.25, 0.3) is 0 Å². The molecule has 1 atom stereocenters. The van der Waals surface area contributed by atoms with E-state index >= 15 is 0 Å². The number of nitrogens with zero attached hydrogens (tertiary/aromatic N) is 5. The second kappa shape index (κ2) is 7.19. The van der Waals surface area contributed by atoms with E-state index in [9.17, 15) is 4.79 Å². The predicted molar refractivity (Wildman–Crippen MR) is 83.7 cm³/mol. The normalized spacial score (nSPS) is 17.4. The highest BCUT2D eigenvalue weighted by atomic mass is 16.5. The summed E-state index contributed by atoms with van der Waals surface area (Å²) in [5, 5.41) is 2.85. The molecule has 1 aliphatic heterocycles. The first-order valence-electron chi connectivity index (χ1n) is 7.59. The van der Waals surface area contributed by atoms with E-state index in [4.69, 9.17) is 4.74 Å². The van der Waals surface area contributed by atoms with Crippen LogP contribution in [0.4, 0.5) is 10.6 Å². The van der Waals surface area contributed by atoms with Crippen molar-refractivity contribution in [1.29, 1.82) is 0 Å². The molecule has 1 N–H and O–H groups in total. The van der Waals surface area contributed by atoms with Crippen LogP contribution < -0.4 is 5.32 Å². The second-order valence-electron chi connectivity index (χ2n) is 5.51. The number of urea groups is 1. The molecule has 0 spiro atoms. The minimum atomic E-state index is -0.130. The van der Waals surface area contributed by atoms with Gasteiger partial charge in [0.15, 0.2) is 0 Å². The molecule has 1 fully saturated rings. The summed E-state index contributed by atoms with van der Waals surface area (Å²) in [7, 11) is 1.60. The Morgan fingerprint density at radius 2 is 2.39 bits per heavy atom. The van der Waals surface area contributed by atoms with Gasteiger partial charge in [-0.1, -0.05) is 0 Å². The predicted octanol–water partition coefficient (Wildman–Crippen LogP) is 1.52. The molecule has 122 valence electrons. The van der Waals surface area contributed by atoms with E-state index in [1.807, 2.05) is 15.7 Å². The lowest BCUT2D eigenvalue weighted by Crippen LogP contribution is -2.40. The molecule has 3 heterocycles. The molecule has 23 heavy (non-hydrogen) atoms. The van der Waals surface area contributed by atoms with E-state index in [0.717, 1.165) is 31.6 Å². The van der Waals surface area contributed by atoms with Gasteiger partial charge >= 0.3 is 6.03 Å². The number of nitrogens with one attached hydrogen (secondary N) is 1. The van der Waals surface area contributed by atoms with Gasteiger partial charge in [-0.2, -0.15) is 0 Å². The quantitative estimate of drug-likeness (QED) is 0.904. The fourth-order valence-corrected chi connectivity index (χ4v) is 2.81. The van der Waals surface area contributed by atoms with Gasteiger partial charge < -0.3 is 14.2 Å². The van der Waals surface area contributed by atoms with E-state index < -0.39 is 0 Å². The number of aromatic nitrogens is 4. The summed E-state index contributed by atoms with van der Waals surface area (Å²) < 4.78 is 7.04. The lowest BCUT2D eigenvalue weighted by atomic mass is 10.2. The standard InChI is InChI=1S/C15H20N6O2/c1-23-9-12-7-14(18-10-17-12)19-15(22)21-5-2-3-13(21)8-20-6-4-16-11-20/h4,6-7,10-11,13H,2-3,5,8-9H2,1H3,(H,17,18,19,22). The molecule has 3 rings (SSSR count). The molecule has 1 saturated heterocycles. The SMILES string of the molecule is COCc1cc(NC(=O)N2CCCC2Cn2ccnc2)ncn1. The molecule has 0 aromatic carbocycles. The number of hydrogen-bond acceptors (Lipinski definition) is 5. The number of imidazole rings is 1. The number of ether oxygens (including phenoxy) is 1. The second-order valence-corrected chi connectivity index (χ2v) is 5.51. The third-order valence-electron chi connectivity index (χ3n) is 3.87. The summed E-state index contributed by atoms with van der Waals surface area (Å²) in [4.78, 5) is 26.6. The minimum Gasteiger partial charge on any atom is -0.378 e. The molecule has 2 aromatic rings. The Hall–Kier alpha value is -2.48. The Kier molecular flexibility index (Phi) is 4.82. The molecule has 8 heteroatoms. The van der Waals surface area contributed by atoms with E-state index in [1.165, 1.54) is 6.33 Å². The van der Waals surface area contributed by atoms with Crippen molar-refractivity contribution in [2.24, 2.45) is 0 Å². The van der Waals surface area contributed by atoms with Crippen LogP contribution in [0.2, 0.25) is 0 Å². The number of anilines is 1. The third-order valence-corrected chi connectivity index (χ3v) is 3.87. The van der Waals surface area contributed by atoms with Crippen LogP contribution in [-0.4, -0.2) is 50.1 Å². The Balaban J connectivity index is 1.63. The topological polar surface area (TPSA) is 85.2 Å². The Bertz CT molecular complexity index is 645. The lowest BCUT2D eigenvalue weighted by Gasteiger charge is -2.25. The maximum Gasteiger partial charge on any atom is 0.323 e. The fraction of sp³-hybridized carbons (Fsp3) is 0.467. The van der Waals surface area contributed by atoms with Gasteiger partial charge in [0.1, 0.15) is 12.1 Å². The zero-order chi connectivity index (χ0) is 16.1. The van der Waals surface area contributed by atoms with Crippen molar-refractivity contribution in [2.75, 3.05) is 19.0 Å². The zero-order valence-corrected chi connectivity index (χ0v) is 13.1. The summed E-state index contributed by atoms with van der Waals surface area (Å²) >= 11 is 0. The van der Waals surface area contributed by atoms with E-state index in [-0.39, 0.29) is 12.1 Å². The number of methoxy groups -OCH3 is 1. The van der Waals surface area contributed by atoms with Crippen LogP contribution in [-0.2, 0) is 17.9 Å². The van der Waals surface area contributed by atoms with Crippen LogP contribution in [0.1, 0.15) is 18.5 Å². The van der Waals surface area contributed by atoms with Gasteiger partial charge in [-0.3, -0.25) is 5.32 Å². The van der Waals surface area contributed by atoms with Gasteiger partial charge in [0.25, 0.3) is 0 Å². The van der Waals surface area contributed by atoms with Gasteiger partial charge in [0, 0.05) is 38.7 Å². The smallest absolute Gasteiger partial charge is 0.323 e. The average molecular weight is 316 g/mol. The molecule has 1 unspecified atom stereocenters. The summed E-state index contributed by atoms with van der Waals surface area (Å²) in [5.74, 6) is 0.491. The van der Waals surface area contributed by atoms with Crippen LogP contribution in [0.3, 0.4) is 0 Å². The number of hydrogen-bond donors (Lipinski definition) is 1. The highest BCUT2D eigenvalue weighted by Crippen LogP contribution is 2.20. The largest absolute Gasteiger partial charge is 0.378 e. The summed E-state index contributed by atoms with van der Waals surface area (Å²) in [6.07, 6.45) is 8.86. The van der Waals surface area contributed by atoms with Crippen molar-refractivity contribution in [3.63, 3.8) is 0 Å².